The molecule has 1 spiro atoms. The molecule has 6 heterocycles. The molecule has 10 amide bonds. The molecule has 3 aromatic rings. The summed E-state index contributed by atoms with van der Waals surface area (Å²) in [6.07, 6.45) is 12.4. The second kappa shape index (κ2) is 39.5. The largest absolute Gasteiger partial charge is 0.496 e. The van der Waals surface area contributed by atoms with E-state index in [1.807, 2.05) is 76.1 Å². The minimum Gasteiger partial charge on any atom is -0.496 e. The summed E-state index contributed by atoms with van der Waals surface area (Å²) < 4.78 is 12.6. The van der Waals surface area contributed by atoms with Crippen LogP contribution in [0.25, 0.3) is 10.9 Å². The number of nitrogens with zero attached hydrogens (tertiary/aromatic N) is 3. The molecular formula is C88H132N14O20. The van der Waals surface area contributed by atoms with Gasteiger partial charge < -0.3 is 109 Å². The first kappa shape index (κ1) is 93.8. The van der Waals surface area contributed by atoms with Crippen molar-refractivity contribution in [1.29, 1.82) is 0 Å². The lowest BCUT2D eigenvalue weighted by molar-refractivity contribution is -0.203. The van der Waals surface area contributed by atoms with Crippen LogP contribution < -0.4 is 63.2 Å². The molecule has 2 saturated heterocycles. The fourth-order valence-electron chi connectivity index (χ4n) is 22.3. The molecule has 17 atom stereocenters. The molecule has 34 heteroatoms. The molecule has 674 valence electrons. The number of methoxy groups -OCH3 is 2. The fraction of sp³-hybridized carbons (Fsp3) is 0.693. The van der Waals surface area contributed by atoms with Crippen LogP contribution >= 0.6 is 0 Å². The van der Waals surface area contributed by atoms with Gasteiger partial charge in [0, 0.05) is 110 Å². The van der Waals surface area contributed by atoms with E-state index in [0.717, 1.165) is 61.1 Å². The van der Waals surface area contributed by atoms with E-state index >= 15 is 9.59 Å². The van der Waals surface area contributed by atoms with E-state index in [2.05, 4.69) is 81.7 Å². The first-order valence-electron chi connectivity index (χ1n) is 44.0. The molecule has 5 fully saturated rings. The average molecular weight is 1710 g/mol. The number of hydrogen-bond acceptors (Lipinski definition) is 23. The summed E-state index contributed by atoms with van der Waals surface area (Å²) in [6, 6.07) is -0.218. The number of esters is 1. The van der Waals surface area contributed by atoms with Crippen molar-refractivity contribution in [2.45, 2.75) is 259 Å². The average Bonchev–Trinajstić information content (AvgIpc) is 1.47. The van der Waals surface area contributed by atoms with Crippen molar-refractivity contribution in [3.8, 4) is 5.75 Å². The van der Waals surface area contributed by atoms with Crippen LogP contribution in [0.1, 0.15) is 192 Å². The number of anilines is 1. The minimum atomic E-state index is -2.41. The molecule has 2 bridgehead atoms. The van der Waals surface area contributed by atoms with Gasteiger partial charge in [0.1, 0.15) is 59.6 Å². The standard InChI is InChI=1S/C88H132N14O20/c1-10-29-83(48-91-71(109)61(38-50(4)5)95-74(112)63(45-104)96-72(110)60(23-24-68(89)108)94-77(115)69(54-19-14-13-15-20-54)99-76(114)65(47-106)98-75(113)64(46-105)97-73(111)62(44-103)92-51(6)107)31-25-52(26-32-83)27-34-90-81(117)88(120)79-86(33-37-102-35-18-30-85(12-3,78(86)102)80(88)116)57-39-58(67(121-8)40-66(57)100(79)7)87(82(118)122-9)42-53-41-84(119,11-2)49-101(43-53)36-28-56-55-21-16-17-22-59(55)93-70(56)87/h16-18,21-22,30,39-40,50,52-54,60-65,69,78-80,93,103-106,116,119-120H,10-15,19-20,23-29,31-38,41-49H2,1-9H3,(H2,89,108)(H,90,117)(H,91,109)(H,92,107)(H,94,115)(H,95,112)(H,96,110)(H,97,111)(H,98,113)(H,99,114)/t52?,53-,60+,61+,62+,63+,64+,65+,69+,78+,79-,80-,83?,84+,85-,86?,87+,88+/m1/s1. The van der Waals surface area contributed by atoms with Gasteiger partial charge in [-0.1, -0.05) is 90.7 Å². The van der Waals surface area contributed by atoms with E-state index in [9.17, 15) is 78.9 Å². The van der Waals surface area contributed by atoms with E-state index < -0.39 is 198 Å². The number of para-hydroxylation sites is 1. The quantitative estimate of drug-likeness (QED) is 0.0269. The summed E-state index contributed by atoms with van der Waals surface area (Å²) in [5.41, 5.74) is 2.76. The predicted molar refractivity (Wildman–Crippen MR) is 451 cm³/mol. The molecule has 8 aliphatic rings. The first-order valence-corrected chi connectivity index (χ1v) is 44.0. The number of nitrogens with two attached hydrogens (primary N) is 1. The Hall–Kier alpha value is -8.87. The number of ether oxygens (including phenoxy) is 2. The number of carbonyl (C=O) groups excluding carboxylic acids is 11. The second-order valence-electron chi connectivity index (χ2n) is 36.4. The number of hydrogen-bond donors (Lipinski definition) is 18. The van der Waals surface area contributed by atoms with E-state index in [4.69, 9.17) is 15.2 Å². The normalized spacial score (nSPS) is 29.0. The predicted octanol–water partition coefficient (Wildman–Crippen LogP) is 0.121. The summed E-state index contributed by atoms with van der Waals surface area (Å²) in [4.78, 5) is 163. The van der Waals surface area contributed by atoms with Crippen LogP contribution in [0.2, 0.25) is 0 Å². The molecule has 0 radical (unpaired) electrons. The Kier molecular flexibility index (Phi) is 30.4. The van der Waals surface area contributed by atoms with Crippen molar-refractivity contribution in [2.75, 3.05) is 98.4 Å². The van der Waals surface area contributed by atoms with Gasteiger partial charge >= 0.3 is 5.97 Å². The highest BCUT2D eigenvalue weighted by molar-refractivity contribution is 5.99. The van der Waals surface area contributed by atoms with Crippen molar-refractivity contribution >= 4 is 81.6 Å². The van der Waals surface area contributed by atoms with Gasteiger partial charge in [0.15, 0.2) is 5.60 Å². The van der Waals surface area contributed by atoms with Gasteiger partial charge in [-0.15, -0.1) is 0 Å². The van der Waals surface area contributed by atoms with Crippen molar-refractivity contribution in [3.05, 3.63) is 70.9 Å². The zero-order chi connectivity index (χ0) is 88.6. The number of H-pyrrole nitrogens is 1. The smallest absolute Gasteiger partial charge is 0.322 e. The number of primary amides is 1. The zero-order valence-corrected chi connectivity index (χ0v) is 72.2. The number of aliphatic hydroxyl groups is 7. The van der Waals surface area contributed by atoms with Crippen LogP contribution in [0, 0.1) is 34.5 Å². The number of fused-ring (bicyclic) bond motifs is 6. The third-order valence-electron chi connectivity index (χ3n) is 28.3. The van der Waals surface area contributed by atoms with Crippen LogP contribution in [0.5, 0.6) is 5.75 Å². The van der Waals surface area contributed by atoms with Gasteiger partial charge in [0.05, 0.1) is 52.3 Å². The Morgan fingerprint density at radius 2 is 1.30 bits per heavy atom. The lowest BCUT2D eigenvalue weighted by Gasteiger charge is -2.63. The number of likely N-dealkylation sites (N-methyl/N-ethyl adjacent to an activating group) is 1. The maximum atomic E-state index is 15.8. The number of nitrogens with one attached hydrogen (secondary N) is 10. The molecule has 11 rings (SSSR count). The molecule has 3 saturated carbocycles. The molecule has 2 aromatic carbocycles. The summed E-state index contributed by atoms with van der Waals surface area (Å²) >= 11 is 0. The van der Waals surface area contributed by atoms with Gasteiger partial charge in [-0.3, -0.25) is 62.5 Å². The Balaban J connectivity index is 0.757. The molecule has 5 aliphatic heterocycles. The maximum absolute atomic E-state index is 15.8. The topological polar surface area (TPSA) is 508 Å². The van der Waals surface area contributed by atoms with Crippen molar-refractivity contribution in [1.82, 2.24) is 62.6 Å². The highest BCUT2D eigenvalue weighted by Crippen LogP contribution is 2.68. The Labute approximate surface area is 713 Å². The SMILES string of the molecule is CCCC1(CNC(=O)[C@H](CC(C)C)NC(=O)[C@H](CO)NC(=O)[C@H](CCC(N)=O)NC(=O)[C@@H](NC(=O)[C@H](CO)NC(=O)[C@H](CO)NC(=O)[C@H](CO)NC(C)=O)C2CCCCC2)CCC(CCNC(=O)[C@]2(O)[C@@H]3N(C)c4cc(OC)c([C@@]5(C(=O)OC)C[C@@H]6CN(CCc7c5[nH]c5ccccc75)C[C@](O)(CC)C6)cc4C34CCN3CC=C[C@](CC)([C@H]34)[C@H]2O)CC1. The Morgan fingerprint density at radius 3 is 1.89 bits per heavy atom. The van der Waals surface area contributed by atoms with Crippen molar-refractivity contribution in [3.63, 3.8) is 0 Å². The zero-order valence-electron chi connectivity index (χ0n) is 72.2. The molecule has 1 aromatic heterocycles. The molecule has 122 heavy (non-hydrogen) atoms. The van der Waals surface area contributed by atoms with Crippen molar-refractivity contribution in [2.24, 2.45) is 40.2 Å². The molecule has 34 nitrogen and oxygen atoms in total. The third-order valence-corrected chi connectivity index (χ3v) is 28.3. The maximum Gasteiger partial charge on any atom is 0.322 e. The molecule has 3 aliphatic carbocycles. The number of rotatable bonds is 37. The van der Waals surface area contributed by atoms with E-state index in [1.165, 1.54) is 7.11 Å². The number of carbonyl (C=O) groups is 11. The summed E-state index contributed by atoms with van der Waals surface area (Å²) in [7, 11) is 4.87. The number of amides is 10. The highest BCUT2D eigenvalue weighted by atomic mass is 16.5. The fourth-order valence-corrected chi connectivity index (χ4v) is 22.3. The monoisotopic (exact) mass is 1700 g/mol. The summed E-state index contributed by atoms with van der Waals surface area (Å²) in [6.45, 7) is 10.4. The lowest BCUT2D eigenvalue weighted by atomic mass is 9.47. The molecule has 19 N–H and O–H groups in total. The van der Waals surface area contributed by atoms with Crippen LogP contribution in [-0.4, -0.2) is 281 Å². The number of piperidine rings is 1. The molecule has 2 unspecified atom stereocenters. The number of aromatic amines is 1. The number of aromatic nitrogens is 1. The van der Waals surface area contributed by atoms with Crippen molar-refractivity contribution < 1.29 is 98.0 Å². The highest BCUT2D eigenvalue weighted by Gasteiger charge is 2.79. The summed E-state index contributed by atoms with van der Waals surface area (Å²) in [5, 5.41) is 104. The molecular weight excluding hydrogens is 1570 g/mol. The van der Waals surface area contributed by atoms with Crippen LogP contribution in [0.3, 0.4) is 0 Å². The number of benzene rings is 2. The third kappa shape index (κ3) is 18.7. The Morgan fingerprint density at radius 1 is 0.689 bits per heavy atom. The van der Waals surface area contributed by atoms with Gasteiger partial charge in [0.2, 0.25) is 53.2 Å². The summed E-state index contributed by atoms with van der Waals surface area (Å²) in [5.74, 6) is -9.79. The van der Waals surface area contributed by atoms with Crippen LogP contribution in [0.15, 0.2) is 48.6 Å². The van der Waals surface area contributed by atoms with Gasteiger partial charge in [-0.25, -0.2) is 0 Å². The van der Waals surface area contributed by atoms with Gasteiger partial charge in [-0.05, 0) is 162 Å². The van der Waals surface area contributed by atoms with E-state index in [-0.39, 0.29) is 49.1 Å². The van der Waals surface area contributed by atoms with Gasteiger partial charge in [-0.2, -0.15) is 0 Å². The van der Waals surface area contributed by atoms with E-state index in [1.54, 1.807) is 7.11 Å². The first-order chi connectivity index (χ1) is 58.2. The van der Waals surface area contributed by atoms with Crippen LogP contribution in [0.4, 0.5) is 5.69 Å². The minimum absolute atomic E-state index is 0.120. The lowest BCUT2D eigenvalue weighted by Crippen LogP contribution is -2.81. The number of aliphatic hydroxyl groups excluding tert-OH is 5. The van der Waals surface area contributed by atoms with Crippen LogP contribution in [-0.2, 0) is 74.7 Å². The van der Waals surface area contributed by atoms with Gasteiger partial charge in [0.25, 0.3) is 5.91 Å². The second-order valence-corrected chi connectivity index (χ2v) is 36.4. The van der Waals surface area contributed by atoms with E-state index in [0.29, 0.717) is 132 Å². The Bertz CT molecular complexity index is 4340.